The van der Waals surface area contributed by atoms with Gasteiger partial charge in [0, 0.05) is 10.9 Å². The van der Waals surface area contributed by atoms with E-state index in [2.05, 4.69) is 15.6 Å². The van der Waals surface area contributed by atoms with Crippen molar-refractivity contribution in [1.29, 1.82) is 0 Å². The molecule has 1 aromatic carbocycles. The van der Waals surface area contributed by atoms with Gasteiger partial charge in [-0.1, -0.05) is 30.3 Å². The molecule has 6 heteroatoms. The van der Waals surface area contributed by atoms with Crippen LogP contribution >= 0.6 is 11.3 Å². The number of nitrogens with zero attached hydrogens (tertiary/aromatic N) is 1. The zero-order valence-corrected chi connectivity index (χ0v) is 14.5. The third-order valence-corrected chi connectivity index (χ3v) is 4.62. The quantitative estimate of drug-likeness (QED) is 0.760. The van der Waals surface area contributed by atoms with Crippen LogP contribution in [0.5, 0.6) is 0 Å². The van der Waals surface area contributed by atoms with Crippen LogP contribution < -0.4 is 10.6 Å². The van der Waals surface area contributed by atoms with E-state index < -0.39 is 6.10 Å². The largest absolute Gasteiger partial charge is 0.388 e. The van der Waals surface area contributed by atoms with Gasteiger partial charge in [-0.2, -0.15) is 0 Å². The first-order valence-electron chi connectivity index (χ1n) is 7.66. The number of amides is 2. The molecule has 1 aromatic heterocycles. The Kier molecular flexibility index (Phi) is 6.12. The number of aliphatic hydroxyl groups is 1. The highest BCUT2D eigenvalue weighted by molar-refractivity contribution is 7.11. The zero-order chi connectivity index (χ0) is 16.8. The molecule has 2 aromatic rings. The molecule has 0 aliphatic carbocycles. The van der Waals surface area contributed by atoms with Gasteiger partial charge in [-0.25, -0.2) is 9.78 Å². The number of aromatic nitrogens is 1. The summed E-state index contributed by atoms with van der Waals surface area (Å²) in [7, 11) is 0. The lowest BCUT2D eigenvalue weighted by Crippen LogP contribution is -2.41. The van der Waals surface area contributed by atoms with Crippen LogP contribution in [0.4, 0.5) is 4.79 Å². The van der Waals surface area contributed by atoms with Gasteiger partial charge in [-0.05, 0) is 32.8 Å². The molecule has 0 aliphatic rings. The second-order valence-corrected chi connectivity index (χ2v) is 6.92. The highest BCUT2D eigenvalue weighted by Crippen LogP contribution is 2.18. The summed E-state index contributed by atoms with van der Waals surface area (Å²) in [5, 5.41) is 16.9. The van der Waals surface area contributed by atoms with E-state index in [1.807, 2.05) is 51.1 Å². The fourth-order valence-electron chi connectivity index (χ4n) is 2.38. The van der Waals surface area contributed by atoms with Crippen LogP contribution in [-0.4, -0.2) is 22.2 Å². The highest BCUT2D eigenvalue weighted by Gasteiger charge is 2.14. The lowest BCUT2D eigenvalue weighted by Gasteiger charge is -2.18. The van der Waals surface area contributed by atoms with Crippen LogP contribution in [0.1, 0.15) is 40.6 Å². The van der Waals surface area contributed by atoms with E-state index in [-0.39, 0.29) is 12.1 Å². The SMILES string of the molecule is Cc1nc(C)c(CNC(=O)NC(C)CC(O)c2ccccc2)s1. The Morgan fingerprint density at radius 2 is 2.00 bits per heavy atom. The molecule has 1 heterocycles. The Bertz CT molecular complexity index is 643. The summed E-state index contributed by atoms with van der Waals surface area (Å²) in [5.74, 6) is 0. The van der Waals surface area contributed by atoms with Gasteiger partial charge in [-0.3, -0.25) is 0 Å². The third kappa shape index (κ3) is 5.33. The van der Waals surface area contributed by atoms with Crippen LogP contribution in [0.15, 0.2) is 30.3 Å². The number of thiazole rings is 1. The lowest BCUT2D eigenvalue weighted by atomic mass is 10.0. The molecule has 2 amide bonds. The molecule has 0 bridgehead atoms. The zero-order valence-electron chi connectivity index (χ0n) is 13.7. The van der Waals surface area contributed by atoms with E-state index in [9.17, 15) is 9.90 Å². The van der Waals surface area contributed by atoms with Gasteiger partial charge >= 0.3 is 6.03 Å². The average molecular weight is 333 g/mol. The molecule has 2 atom stereocenters. The molecule has 0 aliphatic heterocycles. The highest BCUT2D eigenvalue weighted by atomic mass is 32.1. The molecule has 5 nitrogen and oxygen atoms in total. The number of hydrogen-bond donors (Lipinski definition) is 3. The molecule has 23 heavy (non-hydrogen) atoms. The van der Waals surface area contributed by atoms with Crippen LogP contribution in [-0.2, 0) is 6.54 Å². The molecule has 0 saturated carbocycles. The summed E-state index contributed by atoms with van der Waals surface area (Å²) in [5.41, 5.74) is 1.82. The average Bonchev–Trinajstić information content (AvgIpc) is 2.83. The van der Waals surface area contributed by atoms with Crippen molar-refractivity contribution in [3.63, 3.8) is 0 Å². The number of aliphatic hydroxyl groups excluding tert-OH is 1. The molecule has 2 unspecified atom stereocenters. The van der Waals surface area contributed by atoms with Crippen LogP contribution in [0.25, 0.3) is 0 Å². The first kappa shape index (κ1) is 17.4. The minimum Gasteiger partial charge on any atom is -0.388 e. The monoisotopic (exact) mass is 333 g/mol. The maximum Gasteiger partial charge on any atom is 0.315 e. The van der Waals surface area contributed by atoms with Crippen molar-refractivity contribution in [2.75, 3.05) is 0 Å². The second kappa shape index (κ2) is 8.08. The van der Waals surface area contributed by atoms with Crippen molar-refractivity contribution in [3.8, 4) is 0 Å². The summed E-state index contributed by atoms with van der Waals surface area (Å²) in [6.07, 6.45) is -0.117. The van der Waals surface area contributed by atoms with Gasteiger partial charge in [0.15, 0.2) is 0 Å². The van der Waals surface area contributed by atoms with Crippen LogP contribution in [0.3, 0.4) is 0 Å². The molecule has 124 valence electrons. The van der Waals surface area contributed by atoms with Crippen LogP contribution in [0, 0.1) is 13.8 Å². The molecule has 0 radical (unpaired) electrons. The molecule has 0 spiro atoms. The molecule has 0 fully saturated rings. The fraction of sp³-hybridized carbons (Fsp3) is 0.412. The standard InChI is InChI=1S/C17H23N3O2S/c1-11(9-15(21)14-7-5-4-6-8-14)19-17(22)18-10-16-12(2)20-13(3)23-16/h4-8,11,15,21H,9-10H2,1-3H3,(H2,18,19,22). The number of nitrogens with one attached hydrogen (secondary N) is 2. The topological polar surface area (TPSA) is 74.2 Å². The lowest BCUT2D eigenvalue weighted by molar-refractivity contribution is 0.154. The van der Waals surface area contributed by atoms with Crippen molar-refractivity contribution < 1.29 is 9.90 Å². The van der Waals surface area contributed by atoms with Crippen molar-refractivity contribution in [2.45, 2.75) is 45.9 Å². The molecule has 2 rings (SSSR count). The van der Waals surface area contributed by atoms with E-state index in [1.54, 1.807) is 11.3 Å². The number of carbonyl (C=O) groups excluding carboxylic acids is 1. The molecular formula is C17H23N3O2S. The number of aryl methyl sites for hydroxylation is 2. The second-order valence-electron chi connectivity index (χ2n) is 5.63. The Morgan fingerprint density at radius 3 is 2.61 bits per heavy atom. The van der Waals surface area contributed by atoms with Crippen molar-refractivity contribution >= 4 is 17.4 Å². The Labute approximate surface area is 140 Å². The van der Waals surface area contributed by atoms with Crippen molar-refractivity contribution in [2.24, 2.45) is 0 Å². The van der Waals surface area contributed by atoms with Gasteiger partial charge in [0.1, 0.15) is 0 Å². The van der Waals surface area contributed by atoms with E-state index in [0.717, 1.165) is 21.1 Å². The predicted molar refractivity (Wildman–Crippen MR) is 92.4 cm³/mol. The van der Waals surface area contributed by atoms with E-state index in [0.29, 0.717) is 13.0 Å². The number of hydrogen-bond acceptors (Lipinski definition) is 4. The van der Waals surface area contributed by atoms with E-state index >= 15 is 0 Å². The fourth-order valence-corrected chi connectivity index (χ4v) is 3.25. The number of carbonyl (C=O) groups is 1. The Balaban J connectivity index is 1.77. The third-order valence-electron chi connectivity index (χ3n) is 3.55. The Hall–Kier alpha value is -1.92. The maximum atomic E-state index is 11.9. The van der Waals surface area contributed by atoms with Gasteiger partial charge in [0.2, 0.25) is 0 Å². The van der Waals surface area contributed by atoms with Crippen molar-refractivity contribution in [1.82, 2.24) is 15.6 Å². The first-order chi connectivity index (χ1) is 11.0. The number of benzene rings is 1. The summed E-state index contributed by atoms with van der Waals surface area (Å²) >= 11 is 1.59. The number of urea groups is 1. The summed E-state index contributed by atoms with van der Waals surface area (Å²) in [4.78, 5) is 17.3. The van der Waals surface area contributed by atoms with Gasteiger partial charge < -0.3 is 15.7 Å². The van der Waals surface area contributed by atoms with Crippen LogP contribution in [0.2, 0.25) is 0 Å². The van der Waals surface area contributed by atoms with E-state index in [4.69, 9.17) is 0 Å². The van der Waals surface area contributed by atoms with Gasteiger partial charge in [0.25, 0.3) is 0 Å². The first-order valence-corrected chi connectivity index (χ1v) is 8.47. The number of rotatable bonds is 6. The van der Waals surface area contributed by atoms with Gasteiger partial charge in [-0.15, -0.1) is 11.3 Å². The minimum absolute atomic E-state index is 0.130. The summed E-state index contributed by atoms with van der Waals surface area (Å²) in [6.45, 7) is 6.25. The van der Waals surface area contributed by atoms with E-state index in [1.165, 1.54) is 0 Å². The minimum atomic E-state index is -0.585. The summed E-state index contributed by atoms with van der Waals surface area (Å²) < 4.78 is 0. The molecule has 3 N–H and O–H groups in total. The normalized spacial score (nSPS) is 13.4. The smallest absolute Gasteiger partial charge is 0.315 e. The Morgan fingerprint density at radius 1 is 1.30 bits per heavy atom. The molecule has 0 saturated heterocycles. The van der Waals surface area contributed by atoms with Crippen molar-refractivity contribution in [3.05, 3.63) is 51.5 Å². The predicted octanol–water partition coefficient (Wildman–Crippen LogP) is 3.07. The van der Waals surface area contributed by atoms with Gasteiger partial charge in [0.05, 0.1) is 23.4 Å². The molecular weight excluding hydrogens is 310 g/mol. The summed E-state index contributed by atoms with van der Waals surface area (Å²) in [6, 6.07) is 9.09. The maximum absolute atomic E-state index is 11.9.